The third kappa shape index (κ3) is 1.79. The van der Waals surface area contributed by atoms with Gasteiger partial charge in [-0.2, -0.15) is 0 Å². The van der Waals surface area contributed by atoms with Gasteiger partial charge in [0.25, 0.3) is 6.43 Å². The molecular formula is C8H10F2N4. The van der Waals surface area contributed by atoms with Crippen LogP contribution in [0.1, 0.15) is 18.5 Å². The number of hydrogen-bond donors (Lipinski definition) is 2. The lowest BCUT2D eigenvalue weighted by molar-refractivity contribution is 0.146. The van der Waals surface area contributed by atoms with Crippen molar-refractivity contribution < 1.29 is 8.78 Å². The normalized spacial score (nSPS) is 25.1. The molecule has 0 aliphatic heterocycles. The molecule has 1 aliphatic carbocycles. The van der Waals surface area contributed by atoms with Gasteiger partial charge in [0.15, 0.2) is 5.82 Å². The second-order valence-corrected chi connectivity index (χ2v) is 3.24. The average molecular weight is 200 g/mol. The van der Waals surface area contributed by atoms with Crippen molar-refractivity contribution in [1.82, 2.24) is 9.97 Å². The summed E-state index contributed by atoms with van der Waals surface area (Å²) in [7, 11) is 0. The van der Waals surface area contributed by atoms with E-state index in [1.807, 2.05) is 0 Å². The van der Waals surface area contributed by atoms with Gasteiger partial charge in [-0.05, 0) is 6.42 Å². The van der Waals surface area contributed by atoms with Crippen LogP contribution >= 0.6 is 0 Å². The lowest BCUT2D eigenvalue weighted by Gasteiger charge is -2.07. The first kappa shape index (κ1) is 9.26. The zero-order chi connectivity index (χ0) is 10.1. The van der Waals surface area contributed by atoms with Crippen molar-refractivity contribution in [2.75, 3.05) is 5.32 Å². The molecule has 1 aromatic rings. The van der Waals surface area contributed by atoms with E-state index in [4.69, 9.17) is 5.73 Å². The van der Waals surface area contributed by atoms with E-state index in [-0.39, 0.29) is 23.6 Å². The second kappa shape index (κ2) is 3.45. The predicted octanol–water partition coefficient (Wildman–Crippen LogP) is 0.926. The van der Waals surface area contributed by atoms with Gasteiger partial charge in [0.2, 0.25) is 0 Å². The first-order valence-corrected chi connectivity index (χ1v) is 4.29. The molecule has 0 aromatic carbocycles. The number of nitrogens with one attached hydrogen (secondary N) is 1. The minimum atomic E-state index is -2.61. The molecular weight excluding hydrogens is 190 g/mol. The van der Waals surface area contributed by atoms with E-state index in [9.17, 15) is 8.78 Å². The number of nitrogens with two attached hydrogens (primary N) is 1. The Bertz CT molecular complexity index is 331. The van der Waals surface area contributed by atoms with Crippen LogP contribution in [0.3, 0.4) is 0 Å². The van der Waals surface area contributed by atoms with Crippen molar-refractivity contribution in [3.05, 3.63) is 18.1 Å². The molecule has 76 valence electrons. The monoisotopic (exact) mass is 200 g/mol. The van der Waals surface area contributed by atoms with Gasteiger partial charge in [-0.15, -0.1) is 0 Å². The van der Waals surface area contributed by atoms with Gasteiger partial charge < -0.3 is 11.1 Å². The highest BCUT2D eigenvalue weighted by atomic mass is 19.3. The van der Waals surface area contributed by atoms with Crippen LogP contribution in [0, 0.1) is 0 Å². The van der Waals surface area contributed by atoms with E-state index in [0.29, 0.717) is 0 Å². The molecule has 0 radical (unpaired) electrons. The van der Waals surface area contributed by atoms with Crippen LogP contribution in [0.4, 0.5) is 14.6 Å². The molecule has 1 aromatic heterocycles. The van der Waals surface area contributed by atoms with Crippen molar-refractivity contribution in [3.63, 3.8) is 0 Å². The Hall–Kier alpha value is -1.30. The van der Waals surface area contributed by atoms with Gasteiger partial charge in [-0.1, -0.05) is 0 Å². The minimum absolute atomic E-state index is 0.0440. The SMILES string of the molecule is NC1CC1Nc1nccnc1C(F)F. The van der Waals surface area contributed by atoms with Crippen molar-refractivity contribution in [1.29, 1.82) is 0 Å². The van der Waals surface area contributed by atoms with Crippen molar-refractivity contribution in [2.24, 2.45) is 5.73 Å². The summed E-state index contributed by atoms with van der Waals surface area (Å²) in [5.41, 5.74) is 5.23. The molecule has 2 atom stereocenters. The zero-order valence-corrected chi connectivity index (χ0v) is 7.32. The summed E-state index contributed by atoms with van der Waals surface area (Å²) in [6.07, 6.45) is 0.808. The number of rotatable bonds is 3. The van der Waals surface area contributed by atoms with E-state index in [2.05, 4.69) is 15.3 Å². The number of alkyl halides is 2. The highest BCUT2D eigenvalue weighted by molar-refractivity contribution is 5.43. The van der Waals surface area contributed by atoms with Gasteiger partial charge in [0, 0.05) is 24.5 Å². The predicted molar refractivity (Wildman–Crippen MR) is 47.0 cm³/mol. The first-order valence-electron chi connectivity index (χ1n) is 4.29. The largest absolute Gasteiger partial charge is 0.364 e. The Morgan fingerprint density at radius 1 is 1.43 bits per heavy atom. The molecule has 0 saturated heterocycles. The van der Waals surface area contributed by atoms with Crippen LogP contribution in [0.2, 0.25) is 0 Å². The van der Waals surface area contributed by atoms with Crippen molar-refractivity contribution in [2.45, 2.75) is 24.9 Å². The lowest BCUT2D eigenvalue weighted by atomic mass is 10.4. The van der Waals surface area contributed by atoms with Crippen LogP contribution < -0.4 is 11.1 Å². The molecule has 4 nitrogen and oxygen atoms in total. The molecule has 6 heteroatoms. The standard InChI is InChI=1S/C8H10F2N4/c9-7(10)6-8(13-2-1-12-6)14-5-3-4(5)11/h1-2,4-5,7H,3,11H2,(H,13,14). The summed E-state index contributed by atoms with van der Waals surface area (Å²) in [4.78, 5) is 7.37. The van der Waals surface area contributed by atoms with Crippen molar-refractivity contribution in [3.8, 4) is 0 Å². The number of nitrogens with zero attached hydrogens (tertiary/aromatic N) is 2. The van der Waals surface area contributed by atoms with Crippen LogP contribution in [-0.4, -0.2) is 22.1 Å². The number of anilines is 1. The van der Waals surface area contributed by atoms with E-state index >= 15 is 0 Å². The van der Waals surface area contributed by atoms with Crippen LogP contribution in [0.5, 0.6) is 0 Å². The smallest absolute Gasteiger partial charge is 0.283 e. The van der Waals surface area contributed by atoms with Gasteiger partial charge in [-0.3, -0.25) is 0 Å². The van der Waals surface area contributed by atoms with Crippen LogP contribution in [0.25, 0.3) is 0 Å². The Kier molecular flexibility index (Phi) is 2.28. The van der Waals surface area contributed by atoms with E-state index < -0.39 is 6.43 Å². The highest BCUT2D eigenvalue weighted by Crippen LogP contribution is 2.27. The van der Waals surface area contributed by atoms with Gasteiger partial charge in [0.1, 0.15) is 5.69 Å². The summed E-state index contributed by atoms with van der Waals surface area (Å²) >= 11 is 0. The van der Waals surface area contributed by atoms with Gasteiger partial charge in [-0.25, -0.2) is 18.7 Å². The molecule has 0 amide bonds. The Morgan fingerprint density at radius 2 is 2.07 bits per heavy atom. The minimum Gasteiger partial charge on any atom is -0.364 e. The van der Waals surface area contributed by atoms with Crippen LogP contribution in [0.15, 0.2) is 12.4 Å². The number of halogens is 2. The maximum absolute atomic E-state index is 12.4. The summed E-state index contributed by atoms with van der Waals surface area (Å²) in [5, 5.41) is 2.84. The maximum atomic E-state index is 12.4. The number of hydrogen-bond acceptors (Lipinski definition) is 4. The molecule has 1 aliphatic rings. The van der Waals surface area contributed by atoms with Crippen molar-refractivity contribution >= 4 is 5.82 Å². The van der Waals surface area contributed by atoms with Gasteiger partial charge >= 0.3 is 0 Å². The molecule has 0 spiro atoms. The average Bonchev–Trinajstić information content (AvgIpc) is 2.82. The first-order chi connectivity index (χ1) is 6.68. The fourth-order valence-corrected chi connectivity index (χ4v) is 1.18. The summed E-state index contributed by atoms with van der Waals surface area (Å²) in [6, 6.07) is 0.103. The lowest BCUT2D eigenvalue weighted by Crippen LogP contribution is -2.15. The number of aromatic nitrogens is 2. The zero-order valence-electron chi connectivity index (χ0n) is 7.32. The summed E-state index contributed by atoms with van der Waals surface area (Å²) < 4.78 is 24.8. The molecule has 2 unspecified atom stereocenters. The fraction of sp³-hybridized carbons (Fsp3) is 0.500. The van der Waals surface area contributed by atoms with Crippen LogP contribution in [-0.2, 0) is 0 Å². The Morgan fingerprint density at radius 3 is 2.64 bits per heavy atom. The molecule has 1 heterocycles. The Labute approximate surface area is 79.5 Å². The van der Waals surface area contributed by atoms with Gasteiger partial charge in [0.05, 0.1) is 0 Å². The topological polar surface area (TPSA) is 63.8 Å². The Balaban J connectivity index is 2.15. The molecule has 3 N–H and O–H groups in total. The van der Waals surface area contributed by atoms with E-state index in [0.717, 1.165) is 6.42 Å². The highest BCUT2D eigenvalue weighted by Gasteiger charge is 2.34. The summed E-state index contributed by atoms with van der Waals surface area (Å²) in [5.74, 6) is 0.139. The molecule has 0 bridgehead atoms. The fourth-order valence-electron chi connectivity index (χ4n) is 1.18. The molecule has 1 fully saturated rings. The maximum Gasteiger partial charge on any atom is 0.283 e. The third-order valence-corrected chi connectivity index (χ3v) is 2.10. The second-order valence-electron chi connectivity index (χ2n) is 3.24. The molecule has 1 saturated carbocycles. The quantitative estimate of drug-likeness (QED) is 0.761. The van der Waals surface area contributed by atoms with E-state index in [1.54, 1.807) is 0 Å². The van der Waals surface area contributed by atoms with E-state index in [1.165, 1.54) is 12.4 Å². The summed E-state index contributed by atoms with van der Waals surface area (Å²) in [6.45, 7) is 0. The molecule has 14 heavy (non-hydrogen) atoms. The third-order valence-electron chi connectivity index (χ3n) is 2.10. The molecule has 2 rings (SSSR count).